The third-order valence-electron chi connectivity index (χ3n) is 5.36. The van der Waals surface area contributed by atoms with Crippen molar-refractivity contribution < 1.29 is 14.6 Å². The number of hydrogen-bond acceptors (Lipinski definition) is 6. The summed E-state index contributed by atoms with van der Waals surface area (Å²) in [6.07, 6.45) is 10.4. The predicted molar refractivity (Wildman–Crippen MR) is 104 cm³/mol. The number of aliphatic hydroxyl groups excluding tert-OH is 1. The predicted octanol–water partition coefficient (Wildman–Crippen LogP) is 2.81. The van der Waals surface area contributed by atoms with Gasteiger partial charge in [-0.1, -0.05) is 0 Å². The Morgan fingerprint density at radius 3 is 2.68 bits per heavy atom. The van der Waals surface area contributed by atoms with Crippen LogP contribution < -0.4 is 10.1 Å². The van der Waals surface area contributed by atoms with E-state index in [-0.39, 0.29) is 12.5 Å². The van der Waals surface area contributed by atoms with Crippen molar-refractivity contribution in [3.63, 3.8) is 0 Å². The molecule has 0 saturated heterocycles. The van der Waals surface area contributed by atoms with Gasteiger partial charge < -0.3 is 15.2 Å². The number of nitrogens with zero attached hydrogens (tertiary/aromatic N) is 4. The van der Waals surface area contributed by atoms with Crippen LogP contribution in [0.5, 0.6) is 5.75 Å². The summed E-state index contributed by atoms with van der Waals surface area (Å²) < 4.78 is 7.46. The number of aromatic nitrogens is 4. The first-order chi connectivity index (χ1) is 13.7. The zero-order valence-electron chi connectivity index (χ0n) is 15.7. The van der Waals surface area contributed by atoms with Crippen LogP contribution in [0, 0.1) is 5.92 Å². The number of nitrogens with one attached hydrogen (secondary N) is 1. The van der Waals surface area contributed by atoms with Crippen molar-refractivity contribution >= 4 is 22.5 Å². The smallest absolute Gasteiger partial charge is 0.258 e. The molecule has 0 spiro atoms. The molecule has 8 heteroatoms. The number of ether oxygens (including phenoxy) is 1. The molecule has 28 heavy (non-hydrogen) atoms. The molecular weight excluding hydrogens is 358 g/mol. The quantitative estimate of drug-likeness (QED) is 0.705. The normalized spacial score (nSPS) is 19.5. The van der Waals surface area contributed by atoms with Crippen LogP contribution in [-0.4, -0.2) is 44.5 Å². The molecule has 1 aromatic carbocycles. The molecule has 0 bridgehead atoms. The van der Waals surface area contributed by atoms with Gasteiger partial charge in [-0.05, 0) is 37.7 Å². The summed E-state index contributed by atoms with van der Waals surface area (Å²) in [5.41, 5.74) is 1.77. The zero-order valence-corrected chi connectivity index (χ0v) is 15.7. The van der Waals surface area contributed by atoms with Crippen LogP contribution in [0.1, 0.15) is 42.1 Å². The summed E-state index contributed by atoms with van der Waals surface area (Å²) in [6.45, 7) is 0.264. The maximum absolute atomic E-state index is 12.4. The first kappa shape index (κ1) is 18.4. The van der Waals surface area contributed by atoms with Gasteiger partial charge in [0.1, 0.15) is 12.1 Å². The van der Waals surface area contributed by atoms with E-state index >= 15 is 0 Å². The molecule has 8 nitrogen and oxygen atoms in total. The highest BCUT2D eigenvalue weighted by Gasteiger charge is 2.23. The van der Waals surface area contributed by atoms with Gasteiger partial charge in [0.25, 0.3) is 5.91 Å². The number of hydrogen-bond donors (Lipinski definition) is 2. The van der Waals surface area contributed by atoms with Gasteiger partial charge in [0.2, 0.25) is 0 Å². The molecule has 1 amide bonds. The van der Waals surface area contributed by atoms with Crippen LogP contribution in [-0.2, 0) is 0 Å². The van der Waals surface area contributed by atoms with Crippen molar-refractivity contribution in [2.24, 2.45) is 5.92 Å². The monoisotopic (exact) mass is 381 g/mol. The van der Waals surface area contributed by atoms with E-state index in [1.807, 2.05) is 23.0 Å². The second kappa shape index (κ2) is 7.93. The van der Waals surface area contributed by atoms with Crippen LogP contribution in [0.15, 0.2) is 37.1 Å². The average molecular weight is 381 g/mol. The van der Waals surface area contributed by atoms with E-state index in [0.29, 0.717) is 29.0 Å². The highest BCUT2D eigenvalue weighted by molar-refractivity contribution is 6.05. The van der Waals surface area contributed by atoms with Gasteiger partial charge in [-0.2, -0.15) is 5.10 Å². The molecule has 2 heterocycles. The summed E-state index contributed by atoms with van der Waals surface area (Å²) in [5, 5.41) is 17.8. The van der Waals surface area contributed by atoms with Crippen LogP contribution in [0.2, 0.25) is 0 Å². The average Bonchev–Trinajstić information content (AvgIpc) is 3.16. The Morgan fingerprint density at radius 2 is 2.00 bits per heavy atom. The van der Waals surface area contributed by atoms with Gasteiger partial charge in [0, 0.05) is 36.7 Å². The standard InChI is InChI=1S/C20H23N5O3/c1-28-19-7-17-14(6-18(19)23-20(27)15-8-21-12-22-9-15)10-25(24-17)16-4-2-13(11-26)3-5-16/h6-10,12-13,16,26H,2-5,11H2,1H3,(H,23,27)/t13-,16-. The van der Waals surface area contributed by atoms with E-state index in [1.54, 1.807) is 7.11 Å². The Balaban J connectivity index is 1.59. The molecule has 4 rings (SSSR count). The van der Waals surface area contributed by atoms with E-state index in [4.69, 9.17) is 9.84 Å². The maximum atomic E-state index is 12.4. The van der Waals surface area contributed by atoms with E-state index < -0.39 is 0 Å². The second-order valence-corrected chi connectivity index (χ2v) is 7.16. The SMILES string of the molecule is COc1cc2nn([C@H]3CC[C@H](CO)CC3)cc2cc1NC(=O)c1cncnc1. The number of fused-ring (bicyclic) bond motifs is 1. The Morgan fingerprint density at radius 1 is 1.25 bits per heavy atom. The van der Waals surface area contributed by atoms with Crippen LogP contribution in [0.4, 0.5) is 5.69 Å². The molecule has 1 saturated carbocycles. The number of carbonyl (C=O) groups excluding carboxylic acids is 1. The molecule has 1 aliphatic rings. The Kier molecular flexibility index (Phi) is 5.21. The van der Waals surface area contributed by atoms with E-state index in [1.165, 1.54) is 18.7 Å². The minimum Gasteiger partial charge on any atom is -0.494 e. The number of aliphatic hydroxyl groups is 1. The first-order valence-electron chi connectivity index (χ1n) is 9.42. The topological polar surface area (TPSA) is 102 Å². The van der Waals surface area contributed by atoms with Crippen molar-refractivity contribution in [1.82, 2.24) is 19.7 Å². The summed E-state index contributed by atoms with van der Waals surface area (Å²) in [5.74, 6) is 0.657. The van der Waals surface area contributed by atoms with Crippen molar-refractivity contribution in [1.29, 1.82) is 0 Å². The second-order valence-electron chi connectivity index (χ2n) is 7.16. The summed E-state index contributed by atoms with van der Waals surface area (Å²) in [7, 11) is 1.57. The lowest BCUT2D eigenvalue weighted by Crippen LogP contribution is -2.20. The number of methoxy groups -OCH3 is 1. The third-order valence-corrected chi connectivity index (χ3v) is 5.36. The lowest BCUT2D eigenvalue weighted by molar-refractivity contribution is 0.102. The van der Waals surface area contributed by atoms with Crippen LogP contribution >= 0.6 is 0 Å². The van der Waals surface area contributed by atoms with Crippen molar-refractivity contribution in [3.8, 4) is 5.75 Å². The van der Waals surface area contributed by atoms with Gasteiger partial charge in [-0.3, -0.25) is 9.48 Å². The van der Waals surface area contributed by atoms with Crippen molar-refractivity contribution in [2.45, 2.75) is 31.7 Å². The zero-order chi connectivity index (χ0) is 19.5. The molecule has 0 aliphatic heterocycles. The van der Waals surface area contributed by atoms with Crippen LogP contribution in [0.3, 0.4) is 0 Å². The molecule has 3 aromatic rings. The Hall–Kier alpha value is -3.00. The van der Waals surface area contributed by atoms with E-state index in [0.717, 1.165) is 36.6 Å². The molecule has 0 unspecified atom stereocenters. The molecule has 0 radical (unpaired) electrons. The molecule has 146 valence electrons. The summed E-state index contributed by atoms with van der Waals surface area (Å²) in [6, 6.07) is 4.04. The minimum absolute atomic E-state index is 0.264. The number of rotatable bonds is 5. The molecular formula is C20H23N5O3. The van der Waals surface area contributed by atoms with Gasteiger partial charge in [-0.25, -0.2) is 9.97 Å². The van der Waals surface area contributed by atoms with Crippen LogP contribution in [0.25, 0.3) is 10.9 Å². The van der Waals surface area contributed by atoms with Gasteiger partial charge in [0.15, 0.2) is 0 Å². The number of amides is 1. The highest BCUT2D eigenvalue weighted by atomic mass is 16.5. The lowest BCUT2D eigenvalue weighted by atomic mass is 9.87. The van der Waals surface area contributed by atoms with Gasteiger partial charge >= 0.3 is 0 Å². The molecule has 1 fully saturated rings. The summed E-state index contributed by atoms with van der Waals surface area (Å²) in [4.78, 5) is 20.2. The number of anilines is 1. The fourth-order valence-corrected chi connectivity index (χ4v) is 3.73. The largest absolute Gasteiger partial charge is 0.494 e. The third kappa shape index (κ3) is 3.68. The van der Waals surface area contributed by atoms with E-state index in [9.17, 15) is 9.90 Å². The molecule has 2 N–H and O–H groups in total. The lowest BCUT2D eigenvalue weighted by Gasteiger charge is -2.27. The van der Waals surface area contributed by atoms with E-state index in [2.05, 4.69) is 15.3 Å². The Labute approximate surface area is 162 Å². The van der Waals surface area contributed by atoms with Gasteiger partial charge in [-0.15, -0.1) is 0 Å². The number of carbonyl (C=O) groups is 1. The highest BCUT2D eigenvalue weighted by Crippen LogP contribution is 2.34. The molecule has 1 aliphatic carbocycles. The minimum atomic E-state index is -0.298. The summed E-state index contributed by atoms with van der Waals surface area (Å²) >= 11 is 0. The molecule has 0 atom stereocenters. The first-order valence-corrected chi connectivity index (χ1v) is 9.42. The number of benzene rings is 1. The maximum Gasteiger partial charge on any atom is 0.258 e. The van der Waals surface area contributed by atoms with Crippen molar-refractivity contribution in [3.05, 3.63) is 42.6 Å². The van der Waals surface area contributed by atoms with Crippen molar-refractivity contribution in [2.75, 3.05) is 19.0 Å². The fourth-order valence-electron chi connectivity index (χ4n) is 3.73. The van der Waals surface area contributed by atoms with Gasteiger partial charge in [0.05, 0.1) is 29.9 Å². The Bertz CT molecular complexity index is 965. The molecule has 2 aromatic heterocycles. The fraction of sp³-hybridized carbons (Fsp3) is 0.400.